The Bertz CT molecular complexity index is 884. The van der Waals surface area contributed by atoms with Gasteiger partial charge in [0.05, 0.1) is 19.8 Å². The van der Waals surface area contributed by atoms with Crippen molar-refractivity contribution in [2.75, 3.05) is 33.0 Å². The molecule has 54 heavy (non-hydrogen) atoms. The largest absolute Gasteiger partial charge is 0.472 e. The van der Waals surface area contributed by atoms with E-state index >= 15 is 0 Å². The third-order valence-corrected chi connectivity index (χ3v) is 10.9. The normalized spacial score (nSPS) is 13.6. The molecule has 320 valence electrons. The summed E-state index contributed by atoms with van der Waals surface area (Å²) in [5, 5.41) is 0. The molecule has 0 aromatic carbocycles. The van der Waals surface area contributed by atoms with E-state index in [1.54, 1.807) is 0 Å². The summed E-state index contributed by atoms with van der Waals surface area (Å²) in [7, 11) is -4.28. The van der Waals surface area contributed by atoms with Gasteiger partial charge in [0.2, 0.25) is 0 Å². The average Bonchev–Trinajstić information content (AvgIpc) is 3.16. The van der Waals surface area contributed by atoms with E-state index in [0.717, 1.165) is 44.9 Å². The van der Waals surface area contributed by atoms with Crippen LogP contribution in [0.15, 0.2) is 24.3 Å². The van der Waals surface area contributed by atoms with Crippen molar-refractivity contribution < 1.29 is 32.8 Å². The topological polar surface area (TPSA) is 117 Å². The van der Waals surface area contributed by atoms with Gasteiger partial charge in [-0.1, -0.05) is 192 Å². The highest BCUT2D eigenvalue weighted by Crippen LogP contribution is 2.43. The lowest BCUT2D eigenvalue weighted by atomic mass is 10.0. The maximum absolute atomic E-state index is 12.6. The second kappa shape index (κ2) is 43.1. The van der Waals surface area contributed by atoms with Gasteiger partial charge in [-0.05, 0) is 44.9 Å². The number of allylic oxidation sites excluding steroid dienone is 4. The fourth-order valence-electron chi connectivity index (χ4n) is 6.50. The Labute approximate surface area is 334 Å². The Morgan fingerprint density at radius 1 is 0.556 bits per heavy atom. The zero-order valence-corrected chi connectivity index (χ0v) is 36.4. The molecule has 0 amide bonds. The van der Waals surface area contributed by atoms with Crippen molar-refractivity contribution in [2.24, 2.45) is 5.73 Å². The molecule has 0 heterocycles. The summed E-state index contributed by atoms with van der Waals surface area (Å²) >= 11 is 0. The first-order chi connectivity index (χ1) is 26.4. The van der Waals surface area contributed by atoms with E-state index < -0.39 is 13.9 Å². The molecule has 2 unspecified atom stereocenters. The second-order valence-corrected chi connectivity index (χ2v) is 16.7. The van der Waals surface area contributed by atoms with Crippen molar-refractivity contribution in [1.82, 2.24) is 0 Å². The standard InChI is InChI=1S/C45H88NO7P/c1-3-5-7-9-11-13-15-17-19-21-22-24-26-28-30-32-34-36-38-45(47)53-44(43-52-54(48,49)51-41-39-46)42-50-40-37-35-33-31-29-27-25-23-20-18-16-14-12-10-8-6-4-2/h14,16,20,23,44H,3-13,15,17-19,21-22,24-43,46H2,1-2H3,(H,48,49)/b16-14-,23-20-. The molecule has 0 aliphatic rings. The Kier molecular flexibility index (Phi) is 42.3. The van der Waals surface area contributed by atoms with E-state index in [1.807, 2.05) is 0 Å². The van der Waals surface area contributed by atoms with Crippen LogP contribution in [0.1, 0.15) is 219 Å². The van der Waals surface area contributed by atoms with Crippen LogP contribution in [-0.2, 0) is 27.9 Å². The lowest BCUT2D eigenvalue weighted by Crippen LogP contribution is -2.28. The highest BCUT2D eigenvalue weighted by atomic mass is 31.2. The smallest absolute Gasteiger partial charge is 0.457 e. The number of ether oxygens (including phenoxy) is 2. The van der Waals surface area contributed by atoms with Crippen molar-refractivity contribution in [3.63, 3.8) is 0 Å². The number of carbonyl (C=O) groups excluding carboxylic acids is 1. The Morgan fingerprint density at radius 3 is 1.46 bits per heavy atom. The van der Waals surface area contributed by atoms with E-state index in [4.69, 9.17) is 24.3 Å². The van der Waals surface area contributed by atoms with Gasteiger partial charge in [-0.25, -0.2) is 4.57 Å². The van der Waals surface area contributed by atoms with Gasteiger partial charge in [0, 0.05) is 19.6 Å². The molecular weight excluding hydrogens is 697 g/mol. The maximum Gasteiger partial charge on any atom is 0.472 e. The van der Waals surface area contributed by atoms with Gasteiger partial charge in [-0.2, -0.15) is 0 Å². The van der Waals surface area contributed by atoms with Gasteiger partial charge < -0.3 is 20.1 Å². The Morgan fingerprint density at radius 2 is 0.981 bits per heavy atom. The van der Waals surface area contributed by atoms with Crippen LogP contribution < -0.4 is 5.73 Å². The summed E-state index contributed by atoms with van der Waals surface area (Å²) in [5.74, 6) is -0.330. The number of carbonyl (C=O) groups is 1. The molecule has 0 radical (unpaired) electrons. The van der Waals surface area contributed by atoms with Crippen LogP contribution in [0, 0.1) is 0 Å². The number of phosphoric ester groups is 1. The predicted molar refractivity (Wildman–Crippen MR) is 229 cm³/mol. The Hall–Kier alpha value is -1.02. The van der Waals surface area contributed by atoms with Crippen LogP contribution in [0.4, 0.5) is 0 Å². The van der Waals surface area contributed by atoms with Crippen molar-refractivity contribution in [2.45, 2.75) is 225 Å². The van der Waals surface area contributed by atoms with Crippen LogP contribution in [0.2, 0.25) is 0 Å². The third-order valence-electron chi connectivity index (χ3n) is 9.87. The first-order valence-electron chi connectivity index (χ1n) is 22.8. The molecule has 0 saturated carbocycles. The van der Waals surface area contributed by atoms with Gasteiger partial charge in [0.1, 0.15) is 6.10 Å². The molecule has 2 atom stereocenters. The summed E-state index contributed by atoms with van der Waals surface area (Å²) in [6.45, 7) is 4.92. The lowest BCUT2D eigenvalue weighted by molar-refractivity contribution is -0.154. The van der Waals surface area contributed by atoms with Crippen LogP contribution >= 0.6 is 7.82 Å². The number of phosphoric acid groups is 1. The fraction of sp³-hybridized carbons (Fsp3) is 0.889. The van der Waals surface area contributed by atoms with E-state index in [-0.39, 0.29) is 32.3 Å². The maximum atomic E-state index is 12.6. The van der Waals surface area contributed by atoms with E-state index in [0.29, 0.717) is 13.0 Å². The van der Waals surface area contributed by atoms with Gasteiger partial charge in [0.25, 0.3) is 0 Å². The molecule has 8 nitrogen and oxygen atoms in total. The number of esters is 1. The fourth-order valence-corrected chi connectivity index (χ4v) is 7.26. The number of unbranched alkanes of at least 4 members (excludes halogenated alkanes) is 27. The zero-order chi connectivity index (χ0) is 39.5. The van der Waals surface area contributed by atoms with E-state index in [9.17, 15) is 14.3 Å². The highest BCUT2D eigenvalue weighted by Gasteiger charge is 2.25. The molecular formula is C45H88NO7P. The summed E-state index contributed by atoms with van der Waals surface area (Å²) in [6.07, 6.45) is 47.6. The van der Waals surface area contributed by atoms with Crippen molar-refractivity contribution >= 4 is 13.8 Å². The highest BCUT2D eigenvalue weighted by molar-refractivity contribution is 7.47. The van der Waals surface area contributed by atoms with Gasteiger partial charge in [-0.3, -0.25) is 13.8 Å². The summed E-state index contributed by atoms with van der Waals surface area (Å²) in [6, 6.07) is 0. The molecule has 0 aromatic heterocycles. The molecule has 0 aliphatic heterocycles. The lowest BCUT2D eigenvalue weighted by Gasteiger charge is -2.20. The third kappa shape index (κ3) is 42.1. The minimum Gasteiger partial charge on any atom is -0.457 e. The zero-order valence-electron chi connectivity index (χ0n) is 35.5. The first-order valence-corrected chi connectivity index (χ1v) is 24.3. The summed E-state index contributed by atoms with van der Waals surface area (Å²) < 4.78 is 33.5. The molecule has 0 bridgehead atoms. The Balaban J connectivity index is 4.00. The molecule has 9 heteroatoms. The monoisotopic (exact) mass is 786 g/mol. The molecule has 0 aromatic rings. The van der Waals surface area contributed by atoms with E-state index in [1.165, 1.54) is 154 Å². The SMILES string of the molecule is CCCCCC/C=C\C/C=C\CCCCCCCCOCC(COP(=O)(O)OCCN)OC(=O)CCCCCCCCCCCCCCCCCCCC. The molecule has 0 saturated heterocycles. The van der Waals surface area contributed by atoms with E-state index in [2.05, 4.69) is 38.2 Å². The van der Waals surface area contributed by atoms with Crippen molar-refractivity contribution in [3.05, 3.63) is 24.3 Å². The first kappa shape index (κ1) is 53.0. The molecule has 0 aliphatic carbocycles. The van der Waals surface area contributed by atoms with Crippen molar-refractivity contribution in [3.8, 4) is 0 Å². The number of nitrogens with two attached hydrogens (primary N) is 1. The molecule has 3 N–H and O–H groups in total. The second-order valence-electron chi connectivity index (χ2n) is 15.3. The van der Waals surface area contributed by atoms with Gasteiger partial charge >= 0.3 is 13.8 Å². The minimum atomic E-state index is -4.28. The van der Waals surface area contributed by atoms with Crippen LogP contribution in [0.25, 0.3) is 0 Å². The van der Waals surface area contributed by atoms with Crippen LogP contribution in [0.3, 0.4) is 0 Å². The number of hydrogen-bond acceptors (Lipinski definition) is 7. The predicted octanol–water partition coefficient (Wildman–Crippen LogP) is 13.6. The molecule has 0 spiro atoms. The van der Waals surface area contributed by atoms with Crippen molar-refractivity contribution in [1.29, 1.82) is 0 Å². The van der Waals surface area contributed by atoms with Gasteiger partial charge in [0.15, 0.2) is 0 Å². The molecule has 0 fully saturated rings. The van der Waals surface area contributed by atoms with Crippen LogP contribution in [-0.4, -0.2) is 49.9 Å². The number of rotatable bonds is 44. The summed E-state index contributed by atoms with van der Waals surface area (Å²) in [5.41, 5.74) is 5.37. The quantitative estimate of drug-likeness (QED) is 0.0271. The van der Waals surface area contributed by atoms with Gasteiger partial charge in [-0.15, -0.1) is 0 Å². The number of hydrogen-bond donors (Lipinski definition) is 2. The molecule has 0 rings (SSSR count). The van der Waals surface area contributed by atoms with Crippen LogP contribution in [0.5, 0.6) is 0 Å². The average molecular weight is 786 g/mol. The minimum absolute atomic E-state index is 0.0955. The summed E-state index contributed by atoms with van der Waals surface area (Å²) in [4.78, 5) is 22.5.